The molecule has 0 aliphatic rings. The van der Waals surface area contributed by atoms with Crippen LogP contribution < -0.4 is 5.73 Å². The molecule has 19 heavy (non-hydrogen) atoms. The van der Waals surface area contributed by atoms with Gasteiger partial charge in [0.05, 0.1) is 5.56 Å². The van der Waals surface area contributed by atoms with Crippen molar-refractivity contribution >= 4 is 31.6 Å². The maximum Gasteiger partial charge on any atom is 0.175 e. The summed E-state index contributed by atoms with van der Waals surface area (Å²) >= 11 is 3.36. The van der Waals surface area contributed by atoms with E-state index in [1.54, 1.807) is 6.92 Å². The number of nitrogens with zero attached hydrogens (tertiary/aromatic N) is 1. The van der Waals surface area contributed by atoms with Crippen LogP contribution in [0.15, 0.2) is 33.3 Å². The van der Waals surface area contributed by atoms with Gasteiger partial charge in [0.2, 0.25) is 0 Å². The lowest BCUT2D eigenvalue weighted by Gasteiger charge is -2.08. The van der Waals surface area contributed by atoms with Crippen LogP contribution in [0.25, 0.3) is 11.1 Å². The third-order valence-corrected chi connectivity index (χ3v) is 4.86. The van der Waals surface area contributed by atoms with Gasteiger partial charge in [0.25, 0.3) is 0 Å². The molecule has 0 bridgehead atoms. The summed E-state index contributed by atoms with van der Waals surface area (Å²) < 4.78 is 29.3. The van der Waals surface area contributed by atoms with Crippen molar-refractivity contribution in [1.82, 2.24) is 5.16 Å². The molecule has 0 saturated carbocycles. The number of hydrogen-bond donors (Lipinski definition) is 1. The minimum absolute atomic E-state index is 0.184. The fourth-order valence-corrected chi connectivity index (χ4v) is 2.67. The van der Waals surface area contributed by atoms with Gasteiger partial charge in [-0.2, -0.15) is 0 Å². The Bertz CT molecular complexity index is 710. The van der Waals surface area contributed by atoms with E-state index in [0.717, 1.165) is 16.3 Å². The first kappa shape index (κ1) is 14.1. The summed E-state index contributed by atoms with van der Waals surface area (Å²) in [4.78, 5) is 0. The van der Waals surface area contributed by atoms with Crippen molar-refractivity contribution in [2.24, 2.45) is 0 Å². The molecule has 5 nitrogen and oxygen atoms in total. The smallest absolute Gasteiger partial charge is 0.175 e. The lowest BCUT2D eigenvalue weighted by molar-refractivity contribution is 0.385. The minimum atomic E-state index is -3.28. The molecule has 1 aromatic carbocycles. The van der Waals surface area contributed by atoms with E-state index in [4.69, 9.17) is 10.3 Å². The Hall–Kier alpha value is -1.34. The fraction of sp³-hybridized carbons (Fsp3) is 0.250. The molecule has 0 aliphatic heterocycles. The molecule has 0 aliphatic carbocycles. The maximum atomic E-state index is 11.7. The zero-order chi connectivity index (χ0) is 14.2. The Balaban J connectivity index is 2.62. The van der Waals surface area contributed by atoms with E-state index in [2.05, 4.69) is 21.1 Å². The average molecular weight is 345 g/mol. The van der Waals surface area contributed by atoms with Crippen LogP contribution in [-0.2, 0) is 9.84 Å². The van der Waals surface area contributed by atoms with Crippen LogP contribution >= 0.6 is 15.9 Å². The molecule has 102 valence electrons. The molecule has 1 unspecified atom stereocenters. The van der Waals surface area contributed by atoms with E-state index in [9.17, 15) is 8.42 Å². The van der Waals surface area contributed by atoms with Crippen LogP contribution in [0.2, 0.25) is 0 Å². The molecule has 0 radical (unpaired) electrons. The number of aromatic nitrogens is 1. The van der Waals surface area contributed by atoms with Crippen LogP contribution in [0.4, 0.5) is 5.82 Å². The number of anilines is 1. The minimum Gasteiger partial charge on any atom is -0.380 e. The second-order valence-electron chi connectivity index (χ2n) is 4.29. The van der Waals surface area contributed by atoms with E-state index >= 15 is 0 Å². The fourth-order valence-electron chi connectivity index (χ4n) is 1.72. The number of hydrogen-bond acceptors (Lipinski definition) is 5. The first-order valence-electron chi connectivity index (χ1n) is 5.50. The monoisotopic (exact) mass is 344 g/mol. The van der Waals surface area contributed by atoms with Gasteiger partial charge in [-0.25, -0.2) is 8.42 Å². The molecule has 0 amide bonds. The summed E-state index contributed by atoms with van der Waals surface area (Å²) in [5.74, 6) is 0.446. The zero-order valence-corrected chi connectivity index (χ0v) is 12.8. The van der Waals surface area contributed by atoms with Gasteiger partial charge in [0.1, 0.15) is 5.25 Å². The van der Waals surface area contributed by atoms with E-state index in [0.29, 0.717) is 5.56 Å². The number of sulfone groups is 1. The molecule has 1 aromatic heterocycles. The molecule has 0 saturated heterocycles. The Morgan fingerprint density at radius 3 is 2.68 bits per heavy atom. The highest BCUT2D eigenvalue weighted by Gasteiger charge is 2.27. The molecule has 1 atom stereocenters. The Kier molecular flexibility index (Phi) is 3.69. The summed E-state index contributed by atoms with van der Waals surface area (Å²) in [5.41, 5.74) is 7.08. The Labute approximate surface area is 119 Å². The molecule has 2 rings (SSSR count). The first-order valence-corrected chi connectivity index (χ1v) is 8.25. The van der Waals surface area contributed by atoms with Crippen LogP contribution in [0.3, 0.4) is 0 Å². The molecule has 7 heteroatoms. The van der Waals surface area contributed by atoms with Gasteiger partial charge in [0.15, 0.2) is 21.4 Å². The third kappa shape index (κ3) is 2.82. The summed E-state index contributed by atoms with van der Waals surface area (Å²) in [6, 6.07) is 7.36. The number of benzene rings is 1. The maximum absolute atomic E-state index is 11.7. The lowest BCUT2D eigenvalue weighted by Crippen LogP contribution is -2.08. The predicted molar refractivity (Wildman–Crippen MR) is 77.3 cm³/mol. The van der Waals surface area contributed by atoms with Crippen molar-refractivity contribution in [2.45, 2.75) is 12.2 Å². The largest absolute Gasteiger partial charge is 0.380 e. The van der Waals surface area contributed by atoms with Crippen molar-refractivity contribution in [3.05, 3.63) is 34.5 Å². The highest BCUT2D eigenvalue weighted by Crippen LogP contribution is 2.36. The van der Waals surface area contributed by atoms with Crippen LogP contribution in [-0.4, -0.2) is 19.8 Å². The molecule has 2 N–H and O–H groups in total. The number of rotatable bonds is 3. The lowest BCUT2D eigenvalue weighted by atomic mass is 10.0. The number of nitrogens with two attached hydrogens (primary N) is 1. The molecular formula is C12H13BrN2O3S. The van der Waals surface area contributed by atoms with E-state index in [1.165, 1.54) is 0 Å². The van der Waals surface area contributed by atoms with Crippen LogP contribution in [0, 0.1) is 0 Å². The highest BCUT2D eigenvalue weighted by atomic mass is 79.9. The van der Waals surface area contributed by atoms with Gasteiger partial charge in [-0.15, -0.1) is 0 Å². The van der Waals surface area contributed by atoms with Gasteiger partial charge in [0, 0.05) is 10.7 Å². The molecule has 2 aromatic rings. The van der Waals surface area contributed by atoms with Gasteiger partial charge in [-0.3, -0.25) is 0 Å². The SMILES string of the molecule is CC(c1onc(N)c1-c1cccc(Br)c1)S(C)(=O)=O. The van der Waals surface area contributed by atoms with E-state index < -0.39 is 15.1 Å². The Morgan fingerprint density at radius 1 is 1.42 bits per heavy atom. The van der Waals surface area contributed by atoms with Crippen molar-refractivity contribution in [3.63, 3.8) is 0 Å². The molecule has 0 spiro atoms. The highest BCUT2D eigenvalue weighted by molar-refractivity contribution is 9.10. The topological polar surface area (TPSA) is 86.2 Å². The summed E-state index contributed by atoms with van der Waals surface area (Å²) in [5, 5.41) is 2.88. The quantitative estimate of drug-likeness (QED) is 0.924. The average Bonchev–Trinajstić information content (AvgIpc) is 2.68. The van der Waals surface area contributed by atoms with Crippen molar-refractivity contribution in [2.75, 3.05) is 12.0 Å². The van der Waals surface area contributed by atoms with Gasteiger partial charge >= 0.3 is 0 Å². The van der Waals surface area contributed by atoms with Crippen molar-refractivity contribution < 1.29 is 12.9 Å². The normalized spacial score (nSPS) is 13.4. The zero-order valence-electron chi connectivity index (χ0n) is 10.4. The van der Waals surface area contributed by atoms with Crippen molar-refractivity contribution in [3.8, 4) is 11.1 Å². The summed E-state index contributed by atoms with van der Waals surface area (Å²) in [6.07, 6.45) is 1.15. The standard InChI is InChI=1S/C12H13BrN2O3S/c1-7(19(2,16)17)11-10(12(14)15-18-11)8-4-3-5-9(13)6-8/h3-7H,1-2H3,(H2,14,15). The predicted octanol–water partition coefficient (Wildman–Crippen LogP) is 2.79. The first-order chi connectivity index (χ1) is 8.80. The van der Waals surface area contributed by atoms with E-state index in [-0.39, 0.29) is 11.6 Å². The third-order valence-electron chi connectivity index (χ3n) is 2.87. The van der Waals surface area contributed by atoms with Gasteiger partial charge in [-0.05, 0) is 24.6 Å². The molecular weight excluding hydrogens is 332 g/mol. The summed E-state index contributed by atoms with van der Waals surface area (Å²) in [7, 11) is -3.28. The second kappa shape index (κ2) is 4.97. The Morgan fingerprint density at radius 2 is 2.11 bits per heavy atom. The summed E-state index contributed by atoms with van der Waals surface area (Å²) in [6.45, 7) is 1.55. The van der Waals surface area contributed by atoms with Crippen LogP contribution in [0.5, 0.6) is 0 Å². The van der Waals surface area contributed by atoms with Crippen LogP contribution in [0.1, 0.15) is 17.9 Å². The second-order valence-corrected chi connectivity index (χ2v) is 7.57. The van der Waals surface area contributed by atoms with Crippen molar-refractivity contribution in [1.29, 1.82) is 0 Å². The molecule has 1 heterocycles. The molecule has 0 fully saturated rings. The number of nitrogen functional groups attached to an aromatic ring is 1. The van der Waals surface area contributed by atoms with Gasteiger partial charge < -0.3 is 10.3 Å². The number of halogens is 1. The van der Waals surface area contributed by atoms with E-state index in [1.807, 2.05) is 24.3 Å². The van der Waals surface area contributed by atoms with Gasteiger partial charge in [-0.1, -0.05) is 33.2 Å².